The second kappa shape index (κ2) is 9.64. The predicted octanol–water partition coefficient (Wildman–Crippen LogP) is 3.52. The molecular formula is C21H27N5O2. The molecule has 3 rings (SSSR count). The number of imidazole rings is 1. The highest BCUT2D eigenvalue weighted by Gasteiger charge is 2.06. The second-order valence-corrected chi connectivity index (χ2v) is 6.24. The van der Waals surface area contributed by atoms with Crippen LogP contribution < -0.4 is 20.1 Å². The molecule has 1 heterocycles. The third-order valence-corrected chi connectivity index (χ3v) is 4.34. The van der Waals surface area contributed by atoms with Gasteiger partial charge in [-0.1, -0.05) is 12.1 Å². The lowest BCUT2D eigenvalue weighted by Crippen LogP contribution is -2.30. The smallest absolute Gasteiger partial charge is 0.195 e. The van der Waals surface area contributed by atoms with Crippen molar-refractivity contribution >= 4 is 22.7 Å². The number of para-hydroxylation sites is 2. The zero-order valence-electron chi connectivity index (χ0n) is 16.6. The molecule has 3 aromatic rings. The van der Waals surface area contributed by atoms with E-state index in [1.54, 1.807) is 14.2 Å². The first kappa shape index (κ1) is 19.5. The molecule has 0 aliphatic heterocycles. The molecule has 148 valence electrons. The molecule has 0 fully saturated rings. The molecule has 2 aromatic carbocycles. The minimum absolute atomic E-state index is 0.676. The number of guanidine groups is 1. The summed E-state index contributed by atoms with van der Waals surface area (Å²) in [6.07, 6.45) is 2.81. The van der Waals surface area contributed by atoms with Crippen molar-refractivity contribution in [1.29, 1.82) is 0 Å². The number of aliphatic imine (C=N–C) groups is 1. The largest absolute Gasteiger partial charge is 0.493 e. The summed E-state index contributed by atoms with van der Waals surface area (Å²) in [6, 6.07) is 13.9. The van der Waals surface area contributed by atoms with Crippen LogP contribution in [0.15, 0.2) is 53.8 Å². The SMILES string of the molecule is CCNC(=NCCCn1cnc2ccccc21)Nc1ccc(OC)c(OC)c1. The Kier molecular flexibility index (Phi) is 6.73. The van der Waals surface area contributed by atoms with Crippen LogP contribution in [0.5, 0.6) is 11.5 Å². The van der Waals surface area contributed by atoms with Crippen molar-refractivity contribution < 1.29 is 9.47 Å². The lowest BCUT2D eigenvalue weighted by molar-refractivity contribution is 0.355. The molecule has 0 spiro atoms. The fraction of sp³-hybridized carbons (Fsp3) is 0.333. The summed E-state index contributed by atoms with van der Waals surface area (Å²) in [5.74, 6) is 2.11. The standard InChI is InChI=1S/C21H27N5O2/c1-4-22-21(25-16-10-11-19(27-2)20(14-16)28-3)23-12-7-13-26-15-24-17-8-5-6-9-18(17)26/h5-6,8-11,14-15H,4,7,12-13H2,1-3H3,(H2,22,23,25). The molecule has 1 aromatic heterocycles. The Morgan fingerprint density at radius 1 is 1.11 bits per heavy atom. The molecule has 0 saturated carbocycles. The highest BCUT2D eigenvalue weighted by molar-refractivity contribution is 5.93. The number of ether oxygens (including phenoxy) is 2. The molecule has 2 N–H and O–H groups in total. The lowest BCUT2D eigenvalue weighted by atomic mass is 10.2. The van der Waals surface area contributed by atoms with Crippen LogP contribution in [-0.4, -0.2) is 42.8 Å². The Morgan fingerprint density at radius 3 is 2.71 bits per heavy atom. The minimum atomic E-state index is 0.676. The van der Waals surface area contributed by atoms with Gasteiger partial charge in [-0.05, 0) is 37.6 Å². The third-order valence-electron chi connectivity index (χ3n) is 4.34. The van der Waals surface area contributed by atoms with Crippen molar-refractivity contribution in [3.63, 3.8) is 0 Å². The number of nitrogens with zero attached hydrogens (tertiary/aromatic N) is 3. The van der Waals surface area contributed by atoms with E-state index in [4.69, 9.17) is 9.47 Å². The number of hydrogen-bond acceptors (Lipinski definition) is 4. The molecule has 0 aliphatic carbocycles. The molecule has 0 unspecified atom stereocenters. The van der Waals surface area contributed by atoms with Crippen LogP contribution in [0, 0.1) is 0 Å². The van der Waals surface area contributed by atoms with Crippen LogP contribution >= 0.6 is 0 Å². The molecule has 7 nitrogen and oxygen atoms in total. The van der Waals surface area contributed by atoms with Crippen LogP contribution in [0.25, 0.3) is 11.0 Å². The van der Waals surface area contributed by atoms with Crippen molar-refractivity contribution in [2.24, 2.45) is 4.99 Å². The van der Waals surface area contributed by atoms with Crippen LogP contribution in [0.3, 0.4) is 0 Å². The predicted molar refractivity (Wildman–Crippen MR) is 113 cm³/mol. The van der Waals surface area contributed by atoms with Crippen molar-refractivity contribution in [3.05, 3.63) is 48.8 Å². The van der Waals surface area contributed by atoms with Gasteiger partial charge in [0, 0.05) is 31.4 Å². The van der Waals surface area contributed by atoms with E-state index in [0.717, 1.165) is 42.2 Å². The third kappa shape index (κ3) is 4.73. The summed E-state index contributed by atoms with van der Waals surface area (Å²) in [5, 5.41) is 6.58. The number of methoxy groups -OCH3 is 2. The molecular weight excluding hydrogens is 354 g/mol. The number of aryl methyl sites for hydroxylation is 1. The van der Waals surface area contributed by atoms with Gasteiger partial charge < -0.3 is 24.7 Å². The Balaban J connectivity index is 1.61. The Morgan fingerprint density at radius 2 is 1.93 bits per heavy atom. The van der Waals surface area contributed by atoms with Crippen LogP contribution in [-0.2, 0) is 6.54 Å². The van der Waals surface area contributed by atoms with Gasteiger partial charge in [0.05, 0.1) is 31.6 Å². The zero-order chi connectivity index (χ0) is 19.8. The van der Waals surface area contributed by atoms with Crippen LogP contribution in [0.1, 0.15) is 13.3 Å². The number of aromatic nitrogens is 2. The number of anilines is 1. The van der Waals surface area contributed by atoms with Crippen molar-refractivity contribution in [1.82, 2.24) is 14.9 Å². The Bertz CT molecular complexity index is 935. The monoisotopic (exact) mass is 381 g/mol. The summed E-state index contributed by atoms with van der Waals surface area (Å²) < 4.78 is 12.8. The van der Waals surface area contributed by atoms with Gasteiger partial charge in [-0.2, -0.15) is 0 Å². The lowest BCUT2D eigenvalue weighted by Gasteiger charge is -2.14. The Labute approximate surface area is 165 Å². The molecule has 0 saturated heterocycles. The van der Waals surface area contributed by atoms with Gasteiger partial charge in [0.1, 0.15) is 0 Å². The quantitative estimate of drug-likeness (QED) is 0.355. The average Bonchev–Trinajstić information content (AvgIpc) is 3.14. The highest BCUT2D eigenvalue weighted by atomic mass is 16.5. The summed E-state index contributed by atoms with van der Waals surface area (Å²) in [6.45, 7) is 4.41. The van der Waals surface area contributed by atoms with Crippen molar-refractivity contribution in [3.8, 4) is 11.5 Å². The van der Waals surface area contributed by atoms with E-state index in [1.807, 2.05) is 49.6 Å². The molecule has 7 heteroatoms. The van der Waals surface area contributed by atoms with Crippen molar-refractivity contribution in [2.45, 2.75) is 19.9 Å². The highest BCUT2D eigenvalue weighted by Crippen LogP contribution is 2.29. The maximum absolute atomic E-state index is 5.36. The molecule has 0 atom stereocenters. The molecule has 0 radical (unpaired) electrons. The van der Waals surface area contributed by atoms with E-state index >= 15 is 0 Å². The maximum atomic E-state index is 5.36. The second-order valence-electron chi connectivity index (χ2n) is 6.24. The van der Waals surface area contributed by atoms with Crippen LogP contribution in [0.4, 0.5) is 5.69 Å². The molecule has 0 bridgehead atoms. The van der Waals surface area contributed by atoms with E-state index in [1.165, 1.54) is 0 Å². The first-order valence-electron chi connectivity index (χ1n) is 9.42. The first-order chi connectivity index (χ1) is 13.7. The van der Waals surface area contributed by atoms with Gasteiger partial charge in [0.2, 0.25) is 0 Å². The minimum Gasteiger partial charge on any atom is -0.493 e. The fourth-order valence-electron chi connectivity index (χ4n) is 2.98. The van der Waals surface area contributed by atoms with E-state index < -0.39 is 0 Å². The average molecular weight is 381 g/mol. The number of rotatable bonds is 8. The number of fused-ring (bicyclic) bond motifs is 1. The number of nitrogens with one attached hydrogen (secondary N) is 2. The first-order valence-corrected chi connectivity index (χ1v) is 9.42. The van der Waals surface area contributed by atoms with Crippen LogP contribution in [0.2, 0.25) is 0 Å². The summed E-state index contributed by atoms with van der Waals surface area (Å²) in [4.78, 5) is 9.10. The summed E-state index contributed by atoms with van der Waals surface area (Å²) in [5.41, 5.74) is 3.06. The topological polar surface area (TPSA) is 72.7 Å². The van der Waals surface area contributed by atoms with E-state index in [2.05, 4.69) is 31.2 Å². The molecule has 0 aliphatic rings. The van der Waals surface area contributed by atoms with Crippen molar-refractivity contribution in [2.75, 3.05) is 32.6 Å². The van der Waals surface area contributed by atoms with E-state index in [-0.39, 0.29) is 0 Å². The van der Waals surface area contributed by atoms with Gasteiger partial charge in [0.25, 0.3) is 0 Å². The van der Waals surface area contributed by atoms with Gasteiger partial charge in [-0.3, -0.25) is 4.99 Å². The maximum Gasteiger partial charge on any atom is 0.195 e. The van der Waals surface area contributed by atoms with Gasteiger partial charge in [-0.25, -0.2) is 4.98 Å². The molecule has 0 amide bonds. The van der Waals surface area contributed by atoms with Gasteiger partial charge in [0.15, 0.2) is 17.5 Å². The van der Waals surface area contributed by atoms with E-state index in [0.29, 0.717) is 18.0 Å². The van der Waals surface area contributed by atoms with Gasteiger partial charge in [-0.15, -0.1) is 0 Å². The number of benzene rings is 2. The fourth-order valence-corrected chi connectivity index (χ4v) is 2.98. The summed E-state index contributed by atoms with van der Waals surface area (Å²) >= 11 is 0. The van der Waals surface area contributed by atoms with Gasteiger partial charge >= 0.3 is 0 Å². The van der Waals surface area contributed by atoms with E-state index in [9.17, 15) is 0 Å². The molecule has 28 heavy (non-hydrogen) atoms. The zero-order valence-corrected chi connectivity index (χ0v) is 16.6. The Hall–Kier alpha value is -3.22. The summed E-state index contributed by atoms with van der Waals surface area (Å²) in [7, 11) is 3.25. The number of hydrogen-bond donors (Lipinski definition) is 2. The normalized spacial score (nSPS) is 11.5.